The lowest BCUT2D eigenvalue weighted by molar-refractivity contribution is -0.126. The van der Waals surface area contributed by atoms with E-state index in [0.29, 0.717) is 23.0 Å². The quantitative estimate of drug-likeness (QED) is 0.814. The molecule has 0 spiro atoms. The van der Waals surface area contributed by atoms with Crippen LogP contribution in [0.25, 0.3) is 0 Å². The van der Waals surface area contributed by atoms with Crippen LogP contribution >= 0.6 is 11.6 Å². The maximum Gasteiger partial charge on any atom is 0.238 e. The van der Waals surface area contributed by atoms with Crippen LogP contribution in [0.5, 0.6) is 0 Å². The molecular weight excluding hydrogens is 354 g/mol. The molecule has 2 amide bonds. The van der Waals surface area contributed by atoms with E-state index in [0.717, 1.165) is 24.9 Å². The topological polar surface area (TPSA) is 74.6 Å². The number of furan rings is 1. The van der Waals surface area contributed by atoms with Gasteiger partial charge in [0.25, 0.3) is 0 Å². The highest BCUT2D eigenvalue weighted by molar-refractivity contribution is 6.31. The molecule has 1 atom stereocenters. The molecular formula is C19H22ClN3O3. The number of rotatable bonds is 6. The first kappa shape index (κ1) is 18.5. The van der Waals surface area contributed by atoms with Crippen LogP contribution in [-0.2, 0) is 16.1 Å². The predicted octanol–water partition coefficient (Wildman–Crippen LogP) is 2.96. The smallest absolute Gasteiger partial charge is 0.238 e. The predicted molar refractivity (Wildman–Crippen MR) is 100.0 cm³/mol. The summed E-state index contributed by atoms with van der Waals surface area (Å²) in [4.78, 5) is 26.8. The molecule has 1 aliphatic heterocycles. The van der Waals surface area contributed by atoms with Crippen molar-refractivity contribution in [2.24, 2.45) is 0 Å². The van der Waals surface area contributed by atoms with Gasteiger partial charge in [-0.05, 0) is 56.1 Å². The second-order valence-electron chi connectivity index (χ2n) is 6.39. The average molecular weight is 376 g/mol. The van der Waals surface area contributed by atoms with Crippen LogP contribution in [-0.4, -0.2) is 35.8 Å². The first-order valence-electron chi connectivity index (χ1n) is 8.63. The van der Waals surface area contributed by atoms with Gasteiger partial charge in [0.2, 0.25) is 11.8 Å². The lowest BCUT2D eigenvalue weighted by atomic mass is 10.2. The van der Waals surface area contributed by atoms with E-state index in [-0.39, 0.29) is 24.4 Å². The zero-order valence-corrected chi connectivity index (χ0v) is 15.4. The monoisotopic (exact) mass is 375 g/mol. The van der Waals surface area contributed by atoms with Crippen LogP contribution in [0, 0.1) is 6.92 Å². The molecule has 1 fully saturated rings. The molecule has 3 rings (SSSR count). The minimum atomic E-state index is -0.295. The summed E-state index contributed by atoms with van der Waals surface area (Å²) in [6.07, 6.45) is 3.21. The Hall–Kier alpha value is -2.31. The number of hydrogen-bond acceptors (Lipinski definition) is 4. The molecule has 2 N–H and O–H groups in total. The highest BCUT2D eigenvalue weighted by Crippen LogP contribution is 2.23. The summed E-state index contributed by atoms with van der Waals surface area (Å²) < 4.78 is 5.22. The molecule has 0 radical (unpaired) electrons. The van der Waals surface area contributed by atoms with Crippen molar-refractivity contribution in [1.82, 2.24) is 10.2 Å². The number of halogens is 1. The molecule has 7 heteroatoms. The van der Waals surface area contributed by atoms with Gasteiger partial charge in [0.15, 0.2) is 0 Å². The highest BCUT2D eigenvalue weighted by atomic mass is 35.5. The normalized spacial score (nSPS) is 17.2. The molecule has 1 aliphatic rings. The molecule has 0 aliphatic carbocycles. The van der Waals surface area contributed by atoms with Gasteiger partial charge < -0.3 is 15.1 Å². The van der Waals surface area contributed by atoms with Crippen molar-refractivity contribution >= 4 is 29.1 Å². The van der Waals surface area contributed by atoms with Crippen molar-refractivity contribution in [3.63, 3.8) is 0 Å². The molecule has 26 heavy (non-hydrogen) atoms. The minimum absolute atomic E-state index is 0.0781. The first-order valence-corrected chi connectivity index (χ1v) is 9.01. The van der Waals surface area contributed by atoms with Gasteiger partial charge in [-0.1, -0.05) is 17.7 Å². The van der Waals surface area contributed by atoms with Crippen LogP contribution in [0.15, 0.2) is 41.0 Å². The molecule has 1 saturated heterocycles. The molecule has 0 saturated carbocycles. The van der Waals surface area contributed by atoms with Gasteiger partial charge in [-0.3, -0.25) is 14.5 Å². The summed E-state index contributed by atoms with van der Waals surface area (Å²) in [5.41, 5.74) is 1.53. The molecule has 138 valence electrons. The Labute approximate surface area is 157 Å². The SMILES string of the molecule is Cc1c(Cl)cccc1NC(=O)CN1CCCC1C(=O)NCc1ccco1. The zero-order valence-electron chi connectivity index (χ0n) is 14.6. The van der Waals surface area contributed by atoms with Gasteiger partial charge in [0.1, 0.15) is 5.76 Å². The molecule has 2 heterocycles. The number of nitrogens with one attached hydrogen (secondary N) is 2. The summed E-state index contributed by atoms with van der Waals surface area (Å²) in [6.45, 7) is 3.11. The Kier molecular flexibility index (Phi) is 5.96. The number of benzene rings is 1. The fourth-order valence-corrected chi connectivity index (χ4v) is 3.31. The highest BCUT2D eigenvalue weighted by Gasteiger charge is 2.31. The second kappa shape index (κ2) is 8.38. The number of likely N-dealkylation sites (tertiary alicyclic amines) is 1. The summed E-state index contributed by atoms with van der Waals surface area (Å²) >= 11 is 6.09. The largest absolute Gasteiger partial charge is 0.467 e. The molecule has 2 aromatic rings. The van der Waals surface area contributed by atoms with E-state index in [9.17, 15) is 9.59 Å². The molecule has 1 aromatic heterocycles. The maximum absolute atomic E-state index is 12.4. The molecule has 0 bridgehead atoms. The van der Waals surface area contributed by atoms with Crippen LogP contribution in [0.2, 0.25) is 5.02 Å². The minimum Gasteiger partial charge on any atom is -0.467 e. The lowest BCUT2D eigenvalue weighted by Gasteiger charge is -2.23. The van der Waals surface area contributed by atoms with Gasteiger partial charge in [-0.15, -0.1) is 0 Å². The van der Waals surface area contributed by atoms with E-state index in [1.165, 1.54) is 0 Å². The molecule has 6 nitrogen and oxygen atoms in total. The first-order chi connectivity index (χ1) is 12.5. The Morgan fingerprint density at radius 2 is 2.15 bits per heavy atom. The van der Waals surface area contributed by atoms with E-state index in [1.54, 1.807) is 24.5 Å². The Bertz CT molecular complexity index is 776. The van der Waals surface area contributed by atoms with Crippen molar-refractivity contribution < 1.29 is 14.0 Å². The molecule has 1 aromatic carbocycles. The third-order valence-corrected chi connectivity index (χ3v) is 4.98. The van der Waals surface area contributed by atoms with Crippen LogP contribution in [0.4, 0.5) is 5.69 Å². The summed E-state index contributed by atoms with van der Waals surface area (Å²) in [6, 6.07) is 8.70. The fourth-order valence-electron chi connectivity index (χ4n) is 3.13. The Morgan fingerprint density at radius 1 is 1.31 bits per heavy atom. The van der Waals surface area contributed by atoms with Crippen molar-refractivity contribution in [2.45, 2.75) is 32.4 Å². The van der Waals surface area contributed by atoms with Crippen molar-refractivity contribution in [1.29, 1.82) is 0 Å². The van der Waals surface area contributed by atoms with Crippen LogP contribution in [0.1, 0.15) is 24.2 Å². The standard InChI is InChI=1S/C19H22ClN3O3/c1-13-15(20)6-2-7-16(13)22-18(24)12-23-9-3-8-17(23)19(25)21-11-14-5-4-10-26-14/h2,4-7,10,17H,3,8-9,11-12H2,1H3,(H,21,25)(H,22,24). The van der Waals surface area contributed by atoms with Gasteiger partial charge in [-0.25, -0.2) is 0 Å². The van der Waals surface area contributed by atoms with E-state index in [4.69, 9.17) is 16.0 Å². The fraction of sp³-hybridized carbons (Fsp3) is 0.368. The summed E-state index contributed by atoms with van der Waals surface area (Å²) in [5.74, 6) is 0.476. The number of anilines is 1. The lowest BCUT2D eigenvalue weighted by Crippen LogP contribution is -2.45. The maximum atomic E-state index is 12.4. The molecule has 1 unspecified atom stereocenters. The van der Waals surface area contributed by atoms with E-state index in [1.807, 2.05) is 24.0 Å². The number of carbonyl (C=O) groups excluding carboxylic acids is 2. The number of carbonyl (C=O) groups is 2. The zero-order chi connectivity index (χ0) is 18.5. The number of nitrogens with zero attached hydrogens (tertiary/aromatic N) is 1. The van der Waals surface area contributed by atoms with Crippen molar-refractivity contribution in [2.75, 3.05) is 18.4 Å². The van der Waals surface area contributed by atoms with Crippen LogP contribution < -0.4 is 10.6 Å². The van der Waals surface area contributed by atoms with Gasteiger partial charge in [0.05, 0.1) is 25.4 Å². The van der Waals surface area contributed by atoms with E-state index in [2.05, 4.69) is 10.6 Å². The third kappa shape index (κ3) is 4.45. The van der Waals surface area contributed by atoms with Gasteiger partial charge in [0, 0.05) is 10.7 Å². The number of amides is 2. The van der Waals surface area contributed by atoms with Crippen LogP contribution in [0.3, 0.4) is 0 Å². The van der Waals surface area contributed by atoms with Crippen molar-refractivity contribution in [3.8, 4) is 0 Å². The van der Waals surface area contributed by atoms with E-state index >= 15 is 0 Å². The summed E-state index contributed by atoms with van der Waals surface area (Å²) in [7, 11) is 0. The Morgan fingerprint density at radius 3 is 2.92 bits per heavy atom. The van der Waals surface area contributed by atoms with Gasteiger partial charge >= 0.3 is 0 Å². The van der Waals surface area contributed by atoms with Gasteiger partial charge in [-0.2, -0.15) is 0 Å². The number of hydrogen-bond donors (Lipinski definition) is 2. The van der Waals surface area contributed by atoms with E-state index < -0.39 is 0 Å². The second-order valence-corrected chi connectivity index (χ2v) is 6.79. The third-order valence-electron chi connectivity index (χ3n) is 4.57. The summed E-state index contributed by atoms with van der Waals surface area (Å²) in [5, 5.41) is 6.36. The average Bonchev–Trinajstić information content (AvgIpc) is 3.28. The Balaban J connectivity index is 1.55. The van der Waals surface area contributed by atoms with Crippen molar-refractivity contribution in [3.05, 3.63) is 52.9 Å².